The molecule has 6 heteroatoms. The number of nitro groups is 1. The number of aryl methyl sites for hydroxylation is 1. The van der Waals surface area contributed by atoms with Crippen molar-refractivity contribution in [1.82, 2.24) is 0 Å². The highest BCUT2D eigenvalue weighted by Crippen LogP contribution is 2.35. The maximum Gasteiger partial charge on any atom is 0.283 e. The van der Waals surface area contributed by atoms with Crippen LogP contribution in [0.2, 0.25) is 0 Å². The van der Waals surface area contributed by atoms with Gasteiger partial charge in [0.25, 0.3) is 5.69 Å². The molecule has 27 heavy (non-hydrogen) atoms. The second kappa shape index (κ2) is 8.51. The Hall–Kier alpha value is -3.12. The van der Waals surface area contributed by atoms with Gasteiger partial charge in [0.1, 0.15) is 5.75 Å². The average Bonchev–Trinajstić information content (AvgIpc) is 2.69. The molecule has 0 bridgehead atoms. The van der Waals surface area contributed by atoms with Crippen LogP contribution in [0.3, 0.4) is 0 Å². The molecule has 0 fully saturated rings. The first-order chi connectivity index (χ1) is 13.0. The SMILES string of the molecule is COc1ccc(N=Cc2ccc(Sc3ccc(C)cc3)c([N+](=O)[O-])c2)cc1. The van der Waals surface area contributed by atoms with Gasteiger partial charge in [-0.15, -0.1) is 0 Å². The Morgan fingerprint density at radius 3 is 2.37 bits per heavy atom. The van der Waals surface area contributed by atoms with E-state index in [1.165, 1.54) is 11.8 Å². The van der Waals surface area contributed by atoms with E-state index < -0.39 is 0 Å². The minimum absolute atomic E-state index is 0.0688. The molecule has 0 saturated carbocycles. The third-order valence-electron chi connectivity index (χ3n) is 3.86. The van der Waals surface area contributed by atoms with Gasteiger partial charge in [0.15, 0.2) is 0 Å². The highest BCUT2D eigenvalue weighted by molar-refractivity contribution is 7.99. The average molecular weight is 378 g/mol. The Balaban J connectivity index is 1.83. The lowest BCUT2D eigenvalue weighted by molar-refractivity contribution is -0.387. The summed E-state index contributed by atoms with van der Waals surface area (Å²) in [6.45, 7) is 2.01. The number of methoxy groups -OCH3 is 1. The van der Waals surface area contributed by atoms with Crippen molar-refractivity contribution in [2.45, 2.75) is 16.7 Å². The van der Waals surface area contributed by atoms with Crippen molar-refractivity contribution >= 4 is 29.4 Å². The third kappa shape index (κ3) is 4.95. The molecule has 0 radical (unpaired) electrons. The van der Waals surface area contributed by atoms with E-state index in [0.717, 1.165) is 21.9 Å². The van der Waals surface area contributed by atoms with Crippen LogP contribution in [0.1, 0.15) is 11.1 Å². The molecule has 0 atom stereocenters. The van der Waals surface area contributed by atoms with Gasteiger partial charge in [-0.1, -0.05) is 35.5 Å². The number of hydrogen-bond donors (Lipinski definition) is 0. The Bertz CT molecular complexity index is 968. The number of ether oxygens (including phenoxy) is 1. The second-order valence-corrected chi connectivity index (χ2v) is 6.97. The molecule has 136 valence electrons. The van der Waals surface area contributed by atoms with E-state index in [9.17, 15) is 10.1 Å². The molecule has 0 amide bonds. The van der Waals surface area contributed by atoms with E-state index in [4.69, 9.17) is 4.74 Å². The second-order valence-electron chi connectivity index (χ2n) is 5.86. The van der Waals surface area contributed by atoms with Crippen LogP contribution in [-0.4, -0.2) is 18.2 Å². The molecule has 0 saturated heterocycles. The first kappa shape index (κ1) is 18.7. The van der Waals surface area contributed by atoms with Gasteiger partial charge >= 0.3 is 0 Å². The molecule has 0 heterocycles. The topological polar surface area (TPSA) is 64.7 Å². The standard InChI is InChI=1S/C21H18N2O3S/c1-15-3-10-19(11-4-15)27-21-12-5-16(13-20(21)23(24)25)14-22-17-6-8-18(26-2)9-7-17/h3-14H,1-2H3. The maximum atomic E-state index is 11.5. The molecule has 3 aromatic carbocycles. The normalized spacial score (nSPS) is 10.9. The quantitative estimate of drug-likeness (QED) is 0.308. The van der Waals surface area contributed by atoms with Crippen LogP contribution < -0.4 is 4.74 Å². The summed E-state index contributed by atoms with van der Waals surface area (Å²) in [5.74, 6) is 0.752. The van der Waals surface area contributed by atoms with Crippen LogP contribution in [-0.2, 0) is 0 Å². The molecule has 5 nitrogen and oxygen atoms in total. The molecule has 0 unspecified atom stereocenters. The van der Waals surface area contributed by atoms with Crippen molar-refractivity contribution in [3.05, 3.63) is 88.0 Å². The third-order valence-corrected chi connectivity index (χ3v) is 4.94. The number of nitro benzene ring substituents is 1. The molecular formula is C21H18N2O3S. The van der Waals surface area contributed by atoms with Crippen LogP contribution >= 0.6 is 11.8 Å². The molecule has 3 rings (SSSR count). The summed E-state index contributed by atoms with van der Waals surface area (Å²) < 4.78 is 5.11. The van der Waals surface area contributed by atoms with Crippen molar-refractivity contribution < 1.29 is 9.66 Å². The van der Waals surface area contributed by atoms with Crippen molar-refractivity contribution in [3.8, 4) is 5.75 Å². The van der Waals surface area contributed by atoms with Crippen LogP contribution in [0.4, 0.5) is 11.4 Å². The number of aliphatic imine (C=N–C) groups is 1. The lowest BCUT2D eigenvalue weighted by Crippen LogP contribution is -1.93. The Kier molecular flexibility index (Phi) is 5.88. The fourth-order valence-electron chi connectivity index (χ4n) is 2.39. The van der Waals surface area contributed by atoms with Crippen LogP contribution in [0.15, 0.2) is 81.5 Å². The van der Waals surface area contributed by atoms with Gasteiger partial charge in [0.2, 0.25) is 0 Å². The predicted molar refractivity (Wildman–Crippen MR) is 109 cm³/mol. The summed E-state index contributed by atoms with van der Waals surface area (Å²) in [5.41, 5.74) is 2.64. The van der Waals surface area contributed by atoms with Crippen LogP contribution in [0, 0.1) is 17.0 Å². The highest BCUT2D eigenvalue weighted by atomic mass is 32.2. The van der Waals surface area contributed by atoms with Gasteiger partial charge < -0.3 is 4.74 Å². The van der Waals surface area contributed by atoms with Crippen molar-refractivity contribution in [1.29, 1.82) is 0 Å². The first-order valence-corrected chi connectivity index (χ1v) is 9.08. The summed E-state index contributed by atoms with van der Waals surface area (Å²) in [5, 5.41) is 11.5. The van der Waals surface area contributed by atoms with Crippen molar-refractivity contribution in [2.75, 3.05) is 7.11 Å². The molecular weight excluding hydrogens is 360 g/mol. The molecule has 0 aromatic heterocycles. The summed E-state index contributed by atoms with van der Waals surface area (Å²) in [6.07, 6.45) is 1.62. The van der Waals surface area contributed by atoms with Crippen molar-refractivity contribution in [2.24, 2.45) is 4.99 Å². The monoisotopic (exact) mass is 378 g/mol. The summed E-state index contributed by atoms with van der Waals surface area (Å²) >= 11 is 1.38. The minimum Gasteiger partial charge on any atom is -0.497 e. The minimum atomic E-state index is -0.360. The fourth-order valence-corrected chi connectivity index (χ4v) is 3.29. The van der Waals surface area contributed by atoms with Crippen molar-refractivity contribution in [3.63, 3.8) is 0 Å². The molecule has 0 aliphatic rings. The number of rotatable bonds is 6. The van der Waals surface area contributed by atoms with E-state index in [1.54, 1.807) is 25.5 Å². The van der Waals surface area contributed by atoms with Gasteiger partial charge in [-0.25, -0.2) is 0 Å². The smallest absolute Gasteiger partial charge is 0.283 e. The van der Waals surface area contributed by atoms with E-state index in [1.807, 2.05) is 61.5 Å². The Morgan fingerprint density at radius 1 is 1.04 bits per heavy atom. The zero-order valence-electron chi connectivity index (χ0n) is 15.0. The molecule has 3 aromatic rings. The van der Waals surface area contributed by atoms with Gasteiger partial charge in [-0.05, 0) is 55.0 Å². The van der Waals surface area contributed by atoms with Gasteiger partial charge in [0, 0.05) is 17.2 Å². The number of nitrogens with zero attached hydrogens (tertiary/aromatic N) is 2. The molecule has 0 spiro atoms. The zero-order valence-corrected chi connectivity index (χ0v) is 15.8. The number of benzene rings is 3. The lowest BCUT2D eigenvalue weighted by atomic mass is 10.2. The summed E-state index contributed by atoms with van der Waals surface area (Å²) in [7, 11) is 1.60. The number of hydrogen-bond acceptors (Lipinski definition) is 5. The van der Waals surface area contributed by atoms with E-state index >= 15 is 0 Å². The largest absolute Gasteiger partial charge is 0.497 e. The van der Waals surface area contributed by atoms with Gasteiger partial charge in [-0.2, -0.15) is 0 Å². The van der Waals surface area contributed by atoms with E-state index in [2.05, 4.69) is 4.99 Å². The van der Waals surface area contributed by atoms with Crippen LogP contribution in [0.5, 0.6) is 5.75 Å². The highest BCUT2D eigenvalue weighted by Gasteiger charge is 2.15. The zero-order chi connectivity index (χ0) is 19.2. The van der Waals surface area contributed by atoms with Crippen LogP contribution in [0.25, 0.3) is 0 Å². The van der Waals surface area contributed by atoms with Gasteiger partial charge in [-0.3, -0.25) is 15.1 Å². The first-order valence-electron chi connectivity index (χ1n) is 8.26. The molecule has 0 aliphatic carbocycles. The summed E-state index contributed by atoms with van der Waals surface area (Å²) in [6, 6.07) is 20.3. The Morgan fingerprint density at radius 2 is 1.74 bits per heavy atom. The maximum absolute atomic E-state index is 11.5. The Labute approximate surface area is 161 Å². The molecule has 0 N–H and O–H groups in total. The van der Waals surface area contributed by atoms with E-state index in [-0.39, 0.29) is 10.6 Å². The molecule has 0 aliphatic heterocycles. The summed E-state index contributed by atoms with van der Waals surface area (Å²) in [4.78, 5) is 17.1. The predicted octanol–water partition coefficient (Wildman–Crippen LogP) is 5.81. The van der Waals surface area contributed by atoms with Gasteiger partial charge in [0.05, 0.1) is 22.6 Å². The fraction of sp³-hybridized carbons (Fsp3) is 0.0952. The lowest BCUT2D eigenvalue weighted by Gasteiger charge is -2.05. The van der Waals surface area contributed by atoms with E-state index in [0.29, 0.717) is 10.5 Å².